The van der Waals surface area contributed by atoms with E-state index in [1.807, 2.05) is 0 Å². The van der Waals surface area contributed by atoms with E-state index in [0.717, 1.165) is 23.6 Å². The first-order valence-electron chi connectivity index (χ1n) is 10.2. The highest BCUT2D eigenvalue weighted by Gasteiger charge is 2.28. The molecule has 1 N–H and O–H groups in total. The highest BCUT2D eigenvalue weighted by molar-refractivity contribution is 7.92. The molecular weight excluding hydrogens is 416 g/mol. The van der Waals surface area contributed by atoms with E-state index in [2.05, 4.69) is 11.4 Å². The van der Waals surface area contributed by atoms with Crippen LogP contribution in [0.15, 0.2) is 65.1 Å². The van der Waals surface area contributed by atoms with Gasteiger partial charge in [0.1, 0.15) is 6.54 Å². The molecule has 0 aromatic heterocycles. The number of carbonyl (C=O) groups is 1. The number of hydrogen-bond donors (Lipinski definition) is 1. The van der Waals surface area contributed by atoms with E-state index in [1.54, 1.807) is 36.4 Å². The van der Waals surface area contributed by atoms with E-state index in [9.17, 15) is 13.2 Å². The number of hydrogen-bond acceptors (Lipinski definition) is 5. The van der Waals surface area contributed by atoms with Crippen molar-refractivity contribution < 1.29 is 22.7 Å². The predicted molar refractivity (Wildman–Crippen MR) is 120 cm³/mol. The molecule has 1 amide bonds. The molecule has 166 valence electrons. The lowest BCUT2D eigenvalue weighted by atomic mass is 10.00. The van der Waals surface area contributed by atoms with Gasteiger partial charge in [-0.25, -0.2) is 8.42 Å². The van der Waals surface area contributed by atoms with E-state index < -0.39 is 10.0 Å². The molecule has 0 saturated heterocycles. The second-order valence-corrected chi connectivity index (χ2v) is 9.11. The molecule has 3 rings (SSSR count). The van der Waals surface area contributed by atoms with Crippen molar-refractivity contribution in [2.24, 2.45) is 0 Å². The largest absolute Gasteiger partial charge is 0.493 e. The predicted octanol–water partition coefficient (Wildman–Crippen LogP) is 3.52. The number of carbonyl (C=O) groups excluding carboxylic acids is 1. The summed E-state index contributed by atoms with van der Waals surface area (Å²) in [5.41, 5.74) is 1.50. The fraction of sp³-hybridized carbons (Fsp3) is 0.348. The minimum absolute atomic E-state index is 0.104. The van der Waals surface area contributed by atoms with Crippen LogP contribution in [0.2, 0.25) is 0 Å². The summed E-state index contributed by atoms with van der Waals surface area (Å²) in [7, 11) is -0.998. The summed E-state index contributed by atoms with van der Waals surface area (Å²) in [6.45, 7) is 0.0873. The number of methoxy groups -OCH3 is 2. The van der Waals surface area contributed by atoms with E-state index in [1.165, 1.54) is 38.3 Å². The second-order valence-electron chi connectivity index (χ2n) is 7.25. The van der Waals surface area contributed by atoms with Gasteiger partial charge in [0, 0.05) is 12.6 Å². The molecule has 0 unspecified atom stereocenters. The van der Waals surface area contributed by atoms with Crippen LogP contribution in [0.5, 0.6) is 11.5 Å². The highest BCUT2D eigenvalue weighted by Crippen LogP contribution is 2.33. The first-order chi connectivity index (χ1) is 15.0. The molecular formula is C23H28N2O5S. The summed E-state index contributed by atoms with van der Waals surface area (Å²) in [5.74, 6) is 0.471. The molecule has 0 spiro atoms. The molecule has 2 aromatic rings. The SMILES string of the molecule is COc1ccc(N(CC(=O)NCC2=CCCCC2)S(=O)(=O)c2ccccc2)cc1OC. The average Bonchev–Trinajstić information content (AvgIpc) is 2.82. The maximum Gasteiger partial charge on any atom is 0.264 e. The minimum Gasteiger partial charge on any atom is -0.493 e. The Hall–Kier alpha value is -3.00. The summed E-state index contributed by atoms with van der Waals surface area (Å²) in [5, 5.41) is 2.86. The van der Waals surface area contributed by atoms with Crippen LogP contribution in [0.4, 0.5) is 5.69 Å². The lowest BCUT2D eigenvalue weighted by Crippen LogP contribution is -2.41. The number of sulfonamides is 1. The number of benzene rings is 2. The quantitative estimate of drug-likeness (QED) is 0.598. The van der Waals surface area contributed by atoms with Crippen molar-refractivity contribution in [3.05, 3.63) is 60.2 Å². The Morgan fingerprint density at radius 3 is 2.42 bits per heavy atom. The molecule has 0 heterocycles. The van der Waals surface area contributed by atoms with E-state index >= 15 is 0 Å². The number of nitrogens with one attached hydrogen (secondary N) is 1. The molecule has 1 aliphatic carbocycles. The van der Waals surface area contributed by atoms with Crippen molar-refractivity contribution in [3.8, 4) is 11.5 Å². The fourth-order valence-corrected chi connectivity index (χ4v) is 4.91. The monoisotopic (exact) mass is 444 g/mol. The van der Waals surface area contributed by atoms with Gasteiger partial charge in [-0.05, 0) is 49.9 Å². The number of amides is 1. The van der Waals surface area contributed by atoms with Crippen molar-refractivity contribution in [3.63, 3.8) is 0 Å². The topological polar surface area (TPSA) is 84.9 Å². The molecule has 1 aliphatic rings. The van der Waals surface area contributed by atoms with Crippen LogP contribution in [0, 0.1) is 0 Å². The number of rotatable bonds is 9. The molecule has 0 fully saturated rings. The maximum atomic E-state index is 13.4. The van der Waals surface area contributed by atoms with Gasteiger partial charge in [0.2, 0.25) is 5.91 Å². The van der Waals surface area contributed by atoms with Crippen LogP contribution in [0.1, 0.15) is 25.7 Å². The summed E-state index contributed by atoms with van der Waals surface area (Å²) < 4.78 is 38.4. The number of allylic oxidation sites excluding steroid dienone is 1. The Bertz CT molecular complexity index is 1040. The molecule has 31 heavy (non-hydrogen) atoms. The third kappa shape index (κ3) is 5.58. The Kier molecular flexibility index (Phi) is 7.57. The summed E-state index contributed by atoms with van der Waals surface area (Å²) >= 11 is 0. The standard InChI is InChI=1S/C23H28N2O5S/c1-29-21-14-13-19(15-22(21)30-2)25(31(27,28)20-11-7-4-8-12-20)17-23(26)24-16-18-9-5-3-6-10-18/h4,7-9,11-15H,3,5-6,10,16-17H2,1-2H3,(H,24,26). The van der Waals surface area contributed by atoms with E-state index in [-0.39, 0.29) is 17.3 Å². The van der Waals surface area contributed by atoms with Gasteiger partial charge < -0.3 is 14.8 Å². The van der Waals surface area contributed by atoms with Gasteiger partial charge in [-0.3, -0.25) is 9.10 Å². The van der Waals surface area contributed by atoms with Gasteiger partial charge in [0.25, 0.3) is 10.0 Å². The molecule has 2 aromatic carbocycles. The van der Waals surface area contributed by atoms with Crippen LogP contribution in [0.3, 0.4) is 0 Å². The first kappa shape index (κ1) is 22.7. The van der Waals surface area contributed by atoms with Crippen LogP contribution < -0.4 is 19.1 Å². The van der Waals surface area contributed by atoms with Crippen molar-refractivity contribution in [2.45, 2.75) is 30.6 Å². The summed E-state index contributed by atoms with van der Waals surface area (Å²) in [6.07, 6.45) is 6.41. The lowest BCUT2D eigenvalue weighted by Gasteiger charge is -2.25. The Morgan fingerprint density at radius 1 is 1.03 bits per heavy atom. The van der Waals surface area contributed by atoms with Gasteiger partial charge >= 0.3 is 0 Å². The van der Waals surface area contributed by atoms with Crippen LogP contribution in [-0.2, 0) is 14.8 Å². The highest BCUT2D eigenvalue weighted by atomic mass is 32.2. The molecule has 8 heteroatoms. The summed E-state index contributed by atoms with van der Waals surface area (Å²) in [6, 6.07) is 12.8. The number of nitrogens with zero attached hydrogens (tertiary/aromatic N) is 1. The smallest absolute Gasteiger partial charge is 0.264 e. The van der Waals surface area contributed by atoms with Gasteiger partial charge in [0.15, 0.2) is 11.5 Å². The number of ether oxygens (including phenoxy) is 2. The second kappa shape index (κ2) is 10.3. The molecule has 0 atom stereocenters. The van der Waals surface area contributed by atoms with Crippen molar-refractivity contribution >= 4 is 21.6 Å². The lowest BCUT2D eigenvalue weighted by molar-refractivity contribution is -0.119. The zero-order valence-corrected chi connectivity index (χ0v) is 18.7. The van der Waals surface area contributed by atoms with Gasteiger partial charge in [0.05, 0.1) is 24.8 Å². The van der Waals surface area contributed by atoms with Gasteiger partial charge in [-0.15, -0.1) is 0 Å². The van der Waals surface area contributed by atoms with Crippen LogP contribution in [0.25, 0.3) is 0 Å². The molecule has 0 radical (unpaired) electrons. The fourth-order valence-electron chi connectivity index (χ4n) is 3.48. The Morgan fingerprint density at radius 2 is 1.77 bits per heavy atom. The van der Waals surface area contributed by atoms with Gasteiger partial charge in [-0.1, -0.05) is 29.8 Å². The first-order valence-corrected chi connectivity index (χ1v) is 11.6. The van der Waals surface area contributed by atoms with Crippen molar-refractivity contribution in [2.75, 3.05) is 31.6 Å². The molecule has 7 nitrogen and oxygen atoms in total. The van der Waals surface area contributed by atoms with Crippen LogP contribution >= 0.6 is 0 Å². The normalized spacial score (nSPS) is 13.8. The van der Waals surface area contributed by atoms with Crippen LogP contribution in [-0.4, -0.2) is 41.6 Å². The third-order valence-electron chi connectivity index (χ3n) is 5.17. The molecule has 0 bridgehead atoms. The zero-order valence-electron chi connectivity index (χ0n) is 17.8. The van der Waals surface area contributed by atoms with E-state index in [4.69, 9.17) is 9.47 Å². The molecule has 0 saturated carbocycles. The molecule has 0 aliphatic heterocycles. The van der Waals surface area contributed by atoms with Gasteiger partial charge in [-0.2, -0.15) is 0 Å². The minimum atomic E-state index is -3.98. The Balaban J connectivity index is 1.89. The third-order valence-corrected chi connectivity index (χ3v) is 6.96. The maximum absolute atomic E-state index is 13.4. The van der Waals surface area contributed by atoms with Crippen molar-refractivity contribution in [1.82, 2.24) is 5.32 Å². The van der Waals surface area contributed by atoms with Crippen molar-refractivity contribution in [1.29, 1.82) is 0 Å². The Labute approximate surface area is 183 Å². The summed E-state index contributed by atoms with van der Waals surface area (Å²) in [4.78, 5) is 12.8. The van der Waals surface area contributed by atoms with E-state index in [0.29, 0.717) is 23.7 Å². The number of anilines is 1. The average molecular weight is 445 g/mol. The zero-order chi connectivity index (χ0) is 22.3.